The van der Waals surface area contributed by atoms with Gasteiger partial charge in [0.05, 0.1) is 19.1 Å². The molecular weight excluding hydrogens is 590 g/mol. The number of benzene rings is 4. The van der Waals surface area contributed by atoms with E-state index in [1.54, 1.807) is 49.6 Å². The number of rotatable bonds is 14. The van der Waals surface area contributed by atoms with Gasteiger partial charge in [-0.3, -0.25) is 13.9 Å². The van der Waals surface area contributed by atoms with Crippen LogP contribution in [0.4, 0.5) is 5.69 Å². The second-order valence-corrected chi connectivity index (χ2v) is 12.8. The van der Waals surface area contributed by atoms with Crippen LogP contribution in [0.3, 0.4) is 0 Å². The topological polar surface area (TPSA) is 105 Å². The quantitative estimate of drug-likeness (QED) is 0.200. The van der Waals surface area contributed by atoms with E-state index in [0.29, 0.717) is 22.9 Å². The Balaban J connectivity index is 1.69. The molecule has 0 fully saturated rings. The van der Waals surface area contributed by atoms with E-state index in [4.69, 9.17) is 9.47 Å². The first-order valence-electron chi connectivity index (χ1n) is 14.6. The second kappa shape index (κ2) is 15.3. The first-order valence-corrected chi connectivity index (χ1v) is 16.5. The summed E-state index contributed by atoms with van der Waals surface area (Å²) in [5.41, 5.74) is 1.88. The molecule has 0 saturated carbocycles. The van der Waals surface area contributed by atoms with Crippen LogP contribution in [0.25, 0.3) is 0 Å². The Bertz CT molecular complexity index is 1660. The van der Waals surface area contributed by atoms with Gasteiger partial charge in [-0.15, -0.1) is 0 Å². The van der Waals surface area contributed by atoms with E-state index >= 15 is 0 Å². The molecule has 0 aliphatic rings. The number of para-hydroxylation sites is 1. The van der Waals surface area contributed by atoms with E-state index in [1.807, 2.05) is 80.6 Å². The molecule has 0 aliphatic carbocycles. The number of carbonyl (C=O) groups is 2. The highest BCUT2D eigenvalue weighted by Crippen LogP contribution is 2.26. The lowest BCUT2D eigenvalue weighted by Crippen LogP contribution is -2.54. The highest BCUT2D eigenvalue weighted by atomic mass is 32.2. The number of hydrogen-bond donors (Lipinski definition) is 1. The molecule has 1 unspecified atom stereocenters. The number of methoxy groups -OCH3 is 1. The van der Waals surface area contributed by atoms with E-state index in [2.05, 4.69) is 5.32 Å². The average Bonchev–Trinajstić information content (AvgIpc) is 3.02. The number of amides is 2. The van der Waals surface area contributed by atoms with Crippen molar-refractivity contribution < 1.29 is 27.5 Å². The van der Waals surface area contributed by atoms with E-state index in [0.717, 1.165) is 21.7 Å². The van der Waals surface area contributed by atoms with E-state index < -0.39 is 28.5 Å². The SMILES string of the molecule is COc1cccc(CN(C(=O)CN(c2ccc(Oc3ccccc3)cc2)S(C)(=O)=O)C(Cc2ccccc2)C(=O)NC(C)C)c1. The van der Waals surface area contributed by atoms with E-state index in [1.165, 1.54) is 4.90 Å². The molecule has 0 spiro atoms. The van der Waals surface area contributed by atoms with E-state index in [9.17, 15) is 18.0 Å². The summed E-state index contributed by atoms with van der Waals surface area (Å²) < 4.78 is 38.4. The van der Waals surface area contributed by atoms with Gasteiger partial charge >= 0.3 is 0 Å². The summed E-state index contributed by atoms with van der Waals surface area (Å²) in [5.74, 6) is 0.878. The minimum Gasteiger partial charge on any atom is -0.497 e. The Morgan fingerprint density at radius 1 is 0.778 bits per heavy atom. The van der Waals surface area contributed by atoms with Crippen molar-refractivity contribution >= 4 is 27.5 Å². The fraction of sp³-hybridized carbons (Fsp3) is 0.257. The molecule has 45 heavy (non-hydrogen) atoms. The van der Waals surface area contributed by atoms with Crippen molar-refractivity contribution in [1.82, 2.24) is 10.2 Å². The summed E-state index contributed by atoms with van der Waals surface area (Å²) in [6, 6.07) is 31.2. The zero-order valence-corrected chi connectivity index (χ0v) is 26.7. The number of carbonyl (C=O) groups excluding carboxylic acids is 2. The summed E-state index contributed by atoms with van der Waals surface area (Å²) in [6.45, 7) is 3.24. The molecule has 0 bridgehead atoms. The zero-order valence-electron chi connectivity index (χ0n) is 25.9. The van der Waals surface area contributed by atoms with Crippen molar-refractivity contribution in [3.05, 3.63) is 120 Å². The molecule has 4 aromatic rings. The minimum atomic E-state index is -3.90. The van der Waals surface area contributed by atoms with Gasteiger partial charge in [-0.05, 0) is 73.5 Å². The summed E-state index contributed by atoms with van der Waals surface area (Å²) in [6.07, 6.45) is 1.29. The lowest BCUT2D eigenvalue weighted by molar-refractivity contribution is -0.140. The van der Waals surface area contributed by atoms with Crippen LogP contribution < -0.4 is 19.1 Å². The molecule has 0 aromatic heterocycles. The van der Waals surface area contributed by atoms with Gasteiger partial charge in [0.25, 0.3) is 0 Å². The number of hydrogen-bond acceptors (Lipinski definition) is 6. The molecule has 236 valence electrons. The molecule has 4 aromatic carbocycles. The standard InChI is InChI=1S/C35H39N3O6S/c1-26(2)36-35(40)33(23-27-12-7-5-8-13-27)37(24-28-14-11-17-32(22-28)43-3)34(39)25-38(45(4,41)42)29-18-20-31(21-19-29)44-30-15-9-6-10-16-30/h5-22,26,33H,23-25H2,1-4H3,(H,36,40). The Morgan fingerprint density at radius 2 is 1.36 bits per heavy atom. The smallest absolute Gasteiger partial charge is 0.244 e. The largest absolute Gasteiger partial charge is 0.497 e. The van der Waals surface area contributed by atoms with Gasteiger partial charge in [-0.2, -0.15) is 0 Å². The third-order valence-corrected chi connectivity index (χ3v) is 8.11. The Morgan fingerprint density at radius 3 is 1.96 bits per heavy atom. The molecule has 4 rings (SSSR count). The number of sulfonamides is 1. The molecule has 0 radical (unpaired) electrons. The third kappa shape index (κ3) is 9.58. The van der Waals surface area contributed by atoms with Gasteiger partial charge in [-0.25, -0.2) is 8.42 Å². The summed E-state index contributed by atoms with van der Waals surface area (Å²) in [4.78, 5) is 29.4. The maximum Gasteiger partial charge on any atom is 0.244 e. The van der Waals surface area contributed by atoms with Crippen LogP contribution in [-0.4, -0.2) is 57.1 Å². The number of anilines is 1. The molecular formula is C35H39N3O6S. The molecule has 1 N–H and O–H groups in total. The predicted molar refractivity (Wildman–Crippen MR) is 176 cm³/mol. The summed E-state index contributed by atoms with van der Waals surface area (Å²) in [7, 11) is -2.35. The molecule has 9 nitrogen and oxygen atoms in total. The van der Waals surface area contributed by atoms with Gasteiger partial charge in [0.1, 0.15) is 29.8 Å². The maximum absolute atomic E-state index is 14.2. The Hall–Kier alpha value is -4.83. The monoisotopic (exact) mass is 629 g/mol. The van der Waals surface area contributed by atoms with Crippen molar-refractivity contribution in [2.24, 2.45) is 0 Å². The first kappa shape index (κ1) is 33.1. The summed E-state index contributed by atoms with van der Waals surface area (Å²) >= 11 is 0. The molecule has 1 atom stereocenters. The molecule has 2 amide bonds. The van der Waals surface area contributed by atoms with Crippen molar-refractivity contribution in [2.45, 2.75) is 38.9 Å². The number of nitrogens with one attached hydrogen (secondary N) is 1. The van der Waals surface area contributed by atoms with Gasteiger partial charge in [-0.1, -0.05) is 60.7 Å². The second-order valence-electron chi connectivity index (χ2n) is 10.9. The molecule has 10 heteroatoms. The lowest BCUT2D eigenvalue weighted by Gasteiger charge is -2.34. The predicted octanol–water partition coefficient (Wildman–Crippen LogP) is 5.42. The minimum absolute atomic E-state index is 0.0561. The van der Waals surface area contributed by atoms with Crippen LogP contribution in [-0.2, 0) is 32.6 Å². The van der Waals surface area contributed by atoms with Crippen LogP contribution in [0.1, 0.15) is 25.0 Å². The third-order valence-electron chi connectivity index (χ3n) is 6.97. The van der Waals surface area contributed by atoms with Gasteiger partial charge in [0.15, 0.2) is 0 Å². The Labute approximate surface area is 265 Å². The van der Waals surface area contributed by atoms with Crippen LogP contribution in [0.15, 0.2) is 109 Å². The van der Waals surface area contributed by atoms with Gasteiger partial charge < -0.3 is 19.7 Å². The normalized spacial score (nSPS) is 11.8. The van der Waals surface area contributed by atoms with Crippen molar-refractivity contribution in [2.75, 3.05) is 24.2 Å². The fourth-order valence-electron chi connectivity index (χ4n) is 4.82. The van der Waals surface area contributed by atoms with Gasteiger partial charge in [0.2, 0.25) is 21.8 Å². The highest BCUT2D eigenvalue weighted by Gasteiger charge is 2.33. The molecule has 0 saturated heterocycles. The zero-order chi connectivity index (χ0) is 32.4. The van der Waals surface area contributed by atoms with Crippen LogP contribution in [0.5, 0.6) is 17.2 Å². The van der Waals surface area contributed by atoms with Crippen molar-refractivity contribution in [3.8, 4) is 17.2 Å². The maximum atomic E-state index is 14.2. The van der Waals surface area contributed by atoms with Crippen molar-refractivity contribution in [1.29, 1.82) is 0 Å². The van der Waals surface area contributed by atoms with Crippen molar-refractivity contribution in [3.63, 3.8) is 0 Å². The highest BCUT2D eigenvalue weighted by molar-refractivity contribution is 7.92. The molecule has 0 heterocycles. The molecule has 0 aliphatic heterocycles. The van der Waals surface area contributed by atoms with Gasteiger partial charge in [0, 0.05) is 19.0 Å². The first-order chi connectivity index (χ1) is 21.5. The van der Waals surface area contributed by atoms with Crippen LogP contribution in [0, 0.1) is 0 Å². The van der Waals surface area contributed by atoms with Crippen LogP contribution >= 0.6 is 0 Å². The van der Waals surface area contributed by atoms with Crippen LogP contribution in [0.2, 0.25) is 0 Å². The summed E-state index contributed by atoms with van der Waals surface area (Å²) in [5, 5.41) is 2.94. The number of ether oxygens (including phenoxy) is 2. The fourth-order valence-corrected chi connectivity index (χ4v) is 5.67. The lowest BCUT2D eigenvalue weighted by atomic mass is 10.0. The number of nitrogens with zero attached hydrogens (tertiary/aromatic N) is 2. The average molecular weight is 630 g/mol. The Kier molecular flexibility index (Phi) is 11.2. The van der Waals surface area contributed by atoms with E-state index in [-0.39, 0.29) is 24.9 Å².